The minimum absolute atomic E-state index is 0.190. The van der Waals surface area contributed by atoms with Crippen LogP contribution in [-0.2, 0) is 0 Å². The van der Waals surface area contributed by atoms with Gasteiger partial charge in [0.2, 0.25) is 0 Å². The number of amides is 1. The number of H-pyrrole nitrogens is 1. The van der Waals surface area contributed by atoms with E-state index in [1.807, 2.05) is 18.4 Å². The lowest BCUT2D eigenvalue weighted by Gasteiger charge is -2.14. The molecule has 0 saturated heterocycles. The predicted molar refractivity (Wildman–Crippen MR) is 85.9 cm³/mol. The van der Waals surface area contributed by atoms with Gasteiger partial charge in [0, 0.05) is 11.1 Å². The van der Waals surface area contributed by atoms with Crippen LogP contribution >= 0.6 is 11.8 Å². The van der Waals surface area contributed by atoms with Gasteiger partial charge in [0.25, 0.3) is 11.5 Å². The van der Waals surface area contributed by atoms with Crippen LogP contribution in [0.5, 0.6) is 0 Å². The number of carboxylic acid groups (broad SMARTS) is 1. The fraction of sp³-hybridized carbons (Fsp3) is 0.200. The topological polar surface area (TPSA) is 112 Å². The number of aromatic nitrogens is 2. The summed E-state index contributed by atoms with van der Waals surface area (Å²) in [6.45, 7) is 1.65. The summed E-state index contributed by atoms with van der Waals surface area (Å²) in [7, 11) is 0. The second kappa shape index (κ2) is 7.10. The van der Waals surface area contributed by atoms with Crippen molar-refractivity contribution in [1.29, 1.82) is 0 Å². The Morgan fingerprint density at radius 3 is 2.61 bits per heavy atom. The lowest BCUT2D eigenvalue weighted by Crippen LogP contribution is -2.30. The Balaban J connectivity index is 2.20. The number of hydrogen-bond donors (Lipinski definition) is 3. The van der Waals surface area contributed by atoms with E-state index >= 15 is 0 Å². The summed E-state index contributed by atoms with van der Waals surface area (Å²) in [4.78, 5) is 41.9. The first-order chi connectivity index (χ1) is 10.9. The third-order valence-corrected chi connectivity index (χ3v) is 3.95. The van der Waals surface area contributed by atoms with E-state index in [1.54, 1.807) is 19.1 Å². The van der Waals surface area contributed by atoms with Gasteiger partial charge in [-0.25, -0.2) is 9.78 Å². The maximum Gasteiger partial charge on any atom is 0.342 e. The van der Waals surface area contributed by atoms with Gasteiger partial charge in [-0.3, -0.25) is 9.59 Å². The number of hydrogen-bond acceptors (Lipinski definition) is 5. The van der Waals surface area contributed by atoms with Crippen LogP contribution in [0.15, 0.2) is 40.2 Å². The zero-order valence-corrected chi connectivity index (χ0v) is 13.3. The summed E-state index contributed by atoms with van der Waals surface area (Å²) in [6.07, 6.45) is 2.86. The van der Waals surface area contributed by atoms with E-state index < -0.39 is 23.1 Å². The normalized spacial score (nSPS) is 11.7. The molecule has 0 aliphatic carbocycles. The fourth-order valence-electron chi connectivity index (χ4n) is 1.96. The number of nitrogens with one attached hydrogen (secondary N) is 2. The van der Waals surface area contributed by atoms with Crippen molar-refractivity contribution in [1.82, 2.24) is 15.3 Å². The van der Waals surface area contributed by atoms with Gasteiger partial charge in [-0.15, -0.1) is 11.8 Å². The van der Waals surface area contributed by atoms with Crippen molar-refractivity contribution in [3.63, 3.8) is 0 Å². The van der Waals surface area contributed by atoms with E-state index in [0.29, 0.717) is 5.56 Å². The molecule has 2 aromatic rings. The Hall–Kier alpha value is -2.61. The lowest BCUT2D eigenvalue weighted by atomic mass is 10.2. The number of rotatable bonds is 5. The van der Waals surface area contributed by atoms with Gasteiger partial charge in [-0.1, -0.05) is 12.1 Å². The highest BCUT2D eigenvalue weighted by atomic mass is 32.2. The van der Waals surface area contributed by atoms with Crippen LogP contribution in [0.4, 0.5) is 0 Å². The average Bonchev–Trinajstić information content (AvgIpc) is 2.54. The molecule has 0 fully saturated rings. The highest BCUT2D eigenvalue weighted by Crippen LogP contribution is 2.20. The minimum atomic E-state index is -1.35. The number of aromatic amines is 1. The molecule has 0 aliphatic rings. The molecule has 23 heavy (non-hydrogen) atoms. The zero-order chi connectivity index (χ0) is 17.0. The van der Waals surface area contributed by atoms with Gasteiger partial charge in [-0.2, -0.15) is 0 Å². The SMILES string of the molecule is CSc1ccccc1C(=O)NC(C)c1ncc(C(=O)O)c(=O)[nH]1. The molecular weight excluding hydrogens is 318 g/mol. The molecule has 3 N–H and O–H groups in total. The molecule has 1 aromatic heterocycles. The van der Waals surface area contributed by atoms with E-state index in [2.05, 4.69) is 15.3 Å². The molecule has 1 atom stereocenters. The number of nitrogens with zero attached hydrogens (tertiary/aromatic N) is 1. The number of carboxylic acids is 1. The molecule has 8 heteroatoms. The van der Waals surface area contributed by atoms with Gasteiger partial charge >= 0.3 is 5.97 Å². The molecule has 0 aliphatic heterocycles. The summed E-state index contributed by atoms with van der Waals surface area (Å²) in [5, 5.41) is 11.5. The number of thioether (sulfide) groups is 1. The van der Waals surface area contributed by atoms with Crippen LogP contribution in [0, 0.1) is 0 Å². The van der Waals surface area contributed by atoms with Crippen LogP contribution in [0.1, 0.15) is 39.5 Å². The van der Waals surface area contributed by atoms with Crippen molar-refractivity contribution in [2.24, 2.45) is 0 Å². The van der Waals surface area contributed by atoms with Crippen LogP contribution < -0.4 is 10.9 Å². The molecule has 0 bridgehead atoms. The molecule has 2 rings (SSSR count). The molecule has 1 aromatic carbocycles. The van der Waals surface area contributed by atoms with E-state index in [0.717, 1.165) is 11.1 Å². The highest BCUT2D eigenvalue weighted by Gasteiger charge is 2.17. The van der Waals surface area contributed by atoms with E-state index in [4.69, 9.17) is 5.11 Å². The quantitative estimate of drug-likeness (QED) is 0.718. The Morgan fingerprint density at radius 2 is 2.00 bits per heavy atom. The first-order valence-corrected chi connectivity index (χ1v) is 7.93. The number of aromatic carboxylic acids is 1. The monoisotopic (exact) mass is 333 g/mol. The maximum atomic E-state index is 12.3. The van der Waals surface area contributed by atoms with Gasteiger partial charge in [0.15, 0.2) is 0 Å². The molecule has 0 saturated carbocycles. The Morgan fingerprint density at radius 1 is 1.30 bits per heavy atom. The first kappa shape index (κ1) is 16.8. The molecule has 1 unspecified atom stereocenters. The maximum absolute atomic E-state index is 12.3. The fourth-order valence-corrected chi connectivity index (χ4v) is 2.55. The van der Waals surface area contributed by atoms with Gasteiger partial charge in [0.1, 0.15) is 11.4 Å². The second-order valence-corrected chi connectivity index (χ2v) is 5.56. The molecule has 0 spiro atoms. The van der Waals surface area contributed by atoms with E-state index in [9.17, 15) is 14.4 Å². The van der Waals surface area contributed by atoms with Crippen molar-refractivity contribution >= 4 is 23.6 Å². The summed E-state index contributed by atoms with van der Waals surface area (Å²) in [5.41, 5.74) is -0.676. The predicted octanol–water partition coefficient (Wildman–Crippen LogP) is 1.68. The first-order valence-electron chi connectivity index (χ1n) is 6.70. The Bertz CT molecular complexity index is 803. The van der Waals surface area contributed by atoms with Gasteiger partial charge < -0.3 is 15.4 Å². The third-order valence-electron chi connectivity index (χ3n) is 3.16. The number of benzene rings is 1. The van der Waals surface area contributed by atoms with Crippen molar-refractivity contribution in [3.05, 3.63) is 57.8 Å². The van der Waals surface area contributed by atoms with E-state index in [-0.39, 0.29) is 11.7 Å². The van der Waals surface area contributed by atoms with Crippen LogP contribution in [-0.4, -0.2) is 33.2 Å². The smallest absolute Gasteiger partial charge is 0.342 e. The van der Waals surface area contributed by atoms with E-state index in [1.165, 1.54) is 11.8 Å². The minimum Gasteiger partial charge on any atom is -0.477 e. The van der Waals surface area contributed by atoms with Crippen molar-refractivity contribution < 1.29 is 14.7 Å². The molecule has 1 amide bonds. The van der Waals surface area contributed by atoms with Gasteiger partial charge in [-0.05, 0) is 25.3 Å². The standard InChI is InChI=1S/C15H15N3O4S/c1-8(12-16-7-10(15(21)22)14(20)18-12)17-13(19)9-5-3-4-6-11(9)23-2/h3-8H,1-2H3,(H,17,19)(H,21,22)(H,16,18,20). The zero-order valence-electron chi connectivity index (χ0n) is 12.5. The second-order valence-electron chi connectivity index (χ2n) is 4.71. The van der Waals surface area contributed by atoms with Crippen LogP contribution in [0.2, 0.25) is 0 Å². The summed E-state index contributed by atoms with van der Waals surface area (Å²) >= 11 is 1.45. The molecule has 0 radical (unpaired) electrons. The Labute approximate surface area is 136 Å². The number of carbonyl (C=O) groups excluding carboxylic acids is 1. The molecule has 7 nitrogen and oxygen atoms in total. The largest absolute Gasteiger partial charge is 0.477 e. The average molecular weight is 333 g/mol. The van der Waals surface area contributed by atoms with Crippen molar-refractivity contribution in [2.75, 3.05) is 6.26 Å². The summed E-state index contributed by atoms with van der Waals surface area (Å²) < 4.78 is 0. The molecule has 120 valence electrons. The molecular formula is C15H15N3O4S. The van der Waals surface area contributed by atoms with Gasteiger partial charge in [0.05, 0.1) is 11.6 Å². The van der Waals surface area contributed by atoms with Crippen LogP contribution in [0.3, 0.4) is 0 Å². The van der Waals surface area contributed by atoms with Crippen molar-refractivity contribution in [2.45, 2.75) is 17.9 Å². The lowest BCUT2D eigenvalue weighted by molar-refractivity contribution is 0.0693. The Kier molecular flexibility index (Phi) is 5.17. The summed E-state index contributed by atoms with van der Waals surface area (Å²) in [6, 6.07) is 6.58. The van der Waals surface area contributed by atoms with Crippen molar-refractivity contribution in [3.8, 4) is 0 Å². The highest BCUT2D eigenvalue weighted by molar-refractivity contribution is 7.98. The third kappa shape index (κ3) is 3.78. The van der Waals surface area contributed by atoms with Crippen LogP contribution in [0.25, 0.3) is 0 Å². The molecule has 1 heterocycles. The summed E-state index contributed by atoms with van der Waals surface area (Å²) in [5.74, 6) is -1.46. The number of carbonyl (C=O) groups is 2.